The lowest BCUT2D eigenvalue weighted by Gasteiger charge is -2.34. The number of nitrogens with zero attached hydrogens (tertiary/aromatic N) is 5. The van der Waals surface area contributed by atoms with E-state index in [1.807, 2.05) is 10.7 Å². The Morgan fingerprint density at radius 1 is 1.03 bits per heavy atom. The van der Waals surface area contributed by atoms with E-state index in [1.54, 1.807) is 28.8 Å². The second-order valence-corrected chi connectivity index (χ2v) is 9.66. The van der Waals surface area contributed by atoms with Crippen LogP contribution in [0.25, 0.3) is 0 Å². The molecule has 0 radical (unpaired) electrons. The number of anilines is 1. The summed E-state index contributed by atoms with van der Waals surface area (Å²) in [5.41, 5.74) is 1.14. The largest absolute Gasteiger partial charge is 0.394 e. The molecule has 2 saturated heterocycles. The first-order valence-corrected chi connectivity index (χ1v) is 11.9. The third-order valence-electron chi connectivity index (χ3n) is 5.96. The number of pyridine rings is 1. The van der Waals surface area contributed by atoms with Gasteiger partial charge in [0.15, 0.2) is 0 Å². The normalized spacial score (nSPS) is 19.6. The van der Waals surface area contributed by atoms with E-state index in [9.17, 15) is 13.5 Å². The van der Waals surface area contributed by atoms with E-state index in [0.29, 0.717) is 36.3 Å². The zero-order valence-electron chi connectivity index (χ0n) is 16.7. The highest BCUT2D eigenvalue weighted by Crippen LogP contribution is 2.33. The number of aliphatic hydroxyl groups is 1. The van der Waals surface area contributed by atoms with Gasteiger partial charge in [-0.25, -0.2) is 13.4 Å². The van der Waals surface area contributed by atoms with Gasteiger partial charge in [-0.15, -0.1) is 0 Å². The molecule has 2 aliphatic heterocycles. The summed E-state index contributed by atoms with van der Waals surface area (Å²) < 4.78 is 30.0. The molecule has 2 aromatic rings. The minimum atomic E-state index is -3.53. The molecule has 9 heteroatoms. The molecule has 0 bridgehead atoms. The van der Waals surface area contributed by atoms with Crippen LogP contribution in [0.5, 0.6) is 0 Å². The molecule has 4 rings (SSSR count). The van der Waals surface area contributed by atoms with Crippen LogP contribution >= 0.6 is 0 Å². The Morgan fingerprint density at radius 2 is 1.79 bits per heavy atom. The van der Waals surface area contributed by atoms with Crippen molar-refractivity contribution in [3.8, 4) is 0 Å². The van der Waals surface area contributed by atoms with Gasteiger partial charge in [0.1, 0.15) is 10.7 Å². The summed E-state index contributed by atoms with van der Waals surface area (Å²) in [5.74, 6) is 0.923. The molecule has 0 unspecified atom stereocenters. The predicted octanol–water partition coefficient (Wildman–Crippen LogP) is 1.83. The van der Waals surface area contributed by atoms with E-state index in [4.69, 9.17) is 0 Å². The molecule has 2 aliphatic rings. The topological polar surface area (TPSA) is 91.6 Å². The van der Waals surface area contributed by atoms with Crippen LogP contribution < -0.4 is 4.90 Å². The van der Waals surface area contributed by atoms with Gasteiger partial charge in [-0.2, -0.15) is 9.40 Å². The fourth-order valence-electron chi connectivity index (χ4n) is 4.42. The number of piperidine rings is 2. The summed E-state index contributed by atoms with van der Waals surface area (Å²) >= 11 is 0. The highest BCUT2D eigenvalue weighted by molar-refractivity contribution is 7.89. The standard InChI is InChI=1S/C20H29N5O3S/c26-16-15-25-18(6-10-22-25)17-7-13-23(14-8-17)20-19(5-4-9-21-20)29(27,28)24-11-2-1-3-12-24/h4-6,9-10,17,26H,1-3,7-8,11-16H2. The fourth-order valence-corrected chi connectivity index (χ4v) is 6.10. The lowest BCUT2D eigenvalue weighted by molar-refractivity contribution is 0.265. The average Bonchev–Trinajstić information content (AvgIpc) is 3.23. The van der Waals surface area contributed by atoms with Crippen LogP contribution in [0.1, 0.15) is 43.7 Å². The smallest absolute Gasteiger partial charge is 0.246 e. The maximum atomic E-state index is 13.2. The van der Waals surface area contributed by atoms with Crippen LogP contribution in [0, 0.1) is 0 Å². The molecule has 0 amide bonds. The molecule has 29 heavy (non-hydrogen) atoms. The zero-order chi connectivity index (χ0) is 20.3. The number of aromatic nitrogens is 3. The Bertz CT molecular complexity index is 916. The van der Waals surface area contributed by atoms with E-state index in [1.165, 1.54) is 0 Å². The first kappa shape index (κ1) is 20.3. The van der Waals surface area contributed by atoms with Crippen LogP contribution in [0.15, 0.2) is 35.5 Å². The first-order chi connectivity index (χ1) is 14.1. The van der Waals surface area contributed by atoms with Gasteiger partial charge in [0.2, 0.25) is 10.0 Å². The maximum absolute atomic E-state index is 13.2. The molecule has 0 aromatic carbocycles. The predicted molar refractivity (Wildman–Crippen MR) is 110 cm³/mol. The fraction of sp³-hybridized carbons (Fsp3) is 0.600. The van der Waals surface area contributed by atoms with Crippen LogP contribution in [-0.2, 0) is 16.6 Å². The van der Waals surface area contributed by atoms with Gasteiger partial charge >= 0.3 is 0 Å². The molecule has 1 N–H and O–H groups in total. The van der Waals surface area contributed by atoms with Crippen LogP contribution in [-0.4, -0.2) is 65.4 Å². The summed E-state index contributed by atoms with van der Waals surface area (Å²) in [7, 11) is -3.53. The van der Waals surface area contributed by atoms with Gasteiger partial charge in [-0.3, -0.25) is 4.68 Å². The van der Waals surface area contributed by atoms with Gasteiger partial charge in [-0.05, 0) is 43.9 Å². The van der Waals surface area contributed by atoms with Crippen molar-refractivity contribution in [2.24, 2.45) is 0 Å². The number of rotatable bonds is 6. The summed E-state index contributed by atoms with van der Waals surface area (Å²) in [6.45, 7) is 3.24. The number of aliphatic hydroxyl groups excluding tert-OH is 1. The number of hydrogen-bond donors (Lipinski definition) is 1. The molecule has 2 aromatic heterocycles. The highest BCUT2D eigenvalue weighted by atomic mass is 32.2. The van der Waals surface area contributed by atoms with E-state index in [0.717, 1.165) is 50.9 Å². The van der Waals surface area contributed by atoms with Gasteiger partial charge < -0.3 is 10.0 Å². The van der Waals surface area contributed by atoms with Crippen LogP contribution in [0.4, 0.5) is 5.82 Å². The van der Waals surface area contributed by atoms with Gasteiger partial charge in [0.05, 0.1) is 13.2 Å². The number of hydrogen-bond acceptors (Lipinski definition) is 6. The summed E-state index contributed by atoms with van der Waals surface area (Å²) in [6.07, 6.45) is 8.18. The van der Waals surface area contributed by atoms with E-state index < -0.39 is 10.0 Å². The second kappa shape index (κ2) is 8.81. The van der Waals surface area contributed by atoms with E-state index >= 15 is 0 Å². The van der Waals surface area contributed by atoms with E-state index in [-0.39, 0.29) is 6.61 Å². The van der Waals surface area contributed by atoms with Crippen LogP contribution in [0.3, 0.4) is 0 Å². The molecule has 4 heterocycles. The molecule has 0 atom stereocenters. The lowest BCUT2D eigenvalue weighted by Crippen LogP contribution is -2.39. The van der Waals surface area contributed by atoms with Gasteiger partial charge in [-0.1, -0.05) is 6.42 Å². The molecule has 0 aliphatic carbocycles. The van der Waals surface area contributed by atoms with Crippen molar-refractivity contribution in [2.45, 2.75) is 49.5 Å². The van der Waals surface area contributed by atoms with Crippen molar-refractivity contribution in [3.63, 3.8) is 0 Å². The Balaban J connectivity index is 1.51. The summed E-state index contributed by atoms with van der Waals surface area (Å²) in [6, 6.07) is 5.41. The third-order valence-corrected chi connectivity index (χ3v) is 7.88. The van der Waals surface area contributed by atoms with Gasteiger partial charge in [0, 0.05) is 50.2 Å². The first-order valence-electron chi connectivity index (χ1n) is 10.4. The molecule has 0 saturated carbocycles. The maximum Gasteiger partial charge on any atom is 0.246 e. The van der Waals surface area contributed by atoms with E-state index in [2.05, 4.69) is 15.0 Å². The zero-order valence-corrected chi connectivity index (χ0v) is 17.5. The monoisotopic (exact) mass is 419 g/mol. The molecular weight excluding hydrogens is 390 g/mol. The van der Waals surface area contributed by atoms with Crippen molar-refractivity contribution < 1.29 is 13.5 Å². The van der Waals surface area contributed by atoms with Crippen molar-refractivity contribution in [1.29, 1.82) is 0 Å². The van der Waals surface area contributed by atoms with Gasteiger partial charge in [0.25, 0.3) is 0 Å². The Labute approximate surface area is 172 Å². The van der Waals surface area contributed by atoms with Crippen LogP contribution in [0.2, 0.25) is 0 Å². The summed E-state index contributed by atoms with van der Waals surface area (Å²) in [5, 5.41) is 13.5. The lowest BCUT2D eigenvalue weighted by atomic mass is 9.93. The Kier molecular flexibility index (Phi) is 6.17. The minimum absolute atomic E-state index is 0.0686. The quantitative estimate of drug-likeness (QED) is 0.768. The minimum Gasteiger partial charge on any atom is -0.394 e. The van der Waals surface area contributed by atoms with Crippen molar-refractivity contribution in [1.82, 2.24) is 19.1 Å². The number of sulfonamides is 1. The van der Waals surface area contributed by atoms with Crippen molar-refractivity contribution in [3.05, 3.63) is 36.3 Å². The molecule has 0 spiro atoms. The Morgan fingerprint density at radius 3 is 2.52 bits per heavy atom. The third kappa shape index (κ3) is 4.17. The molecule has 2 fully saturated rings. The molecule has 158 valence electrons. The second-order valence-electron chi connectivity index (χ2n) is 7.75. The van der Waals surface area contributed by atoms with Crippen molar-refractivity contribution >= 4 is 15.8 Å². The molecule has 8 nitrogen and oxygen atoms in total. The summed E-state index contributed by atoms with van der Waals surface area (Å²) in [4.78, 5) is 6.89. The highest BCUT2D eigenvalue weighted by Gasteiger charge is 2.32. The average molecular weight is 420 g/mol. The molecular formula is C20H29N5O3S. The SMILES string of the molecule is O=S(=O)(c1cccnc1N1CCC(c2ccnn2CCO)CC1)N1CCCCC1. The van der Waals surface area contributed by atoms with Crippen molar-refractivity contribution in [2.75, 3.05) is 37.7 Å². The Hall–Kier alpha value is -1.97.